The van der Waals surface area contributed by atoms with Crippen molar-refractivity contribution in [2.24, 2.45) is 5.41 Å². The topological polar surface area (TPSA) is 29.5 Å². The van der Waals surface area contributed by atoms with E-state index in [2.05, 4.69) is 0 Å². The first-order valence-electron chi connectivity index (χ1n) is 4.12. The van der Waals surface area contributed by atoms with Gasteiger partial charge in [0.15, 0.2) is 0 Å². The molecule has 62 valence electrons. The van der Waals surface area contributed by atoms with Gasteiger partial charge in [-0.05, 0) is 12.8 Å². The predicted molar refractivity (Wildman–Crippen MR) is 40.1 cm³/mol. The molecule has 0 aromatic rings. The first-order chi connectivity index (χ1) is 5.35. The summed E-state index contributed by atoms with van der Waals surface area (Å²) in [6.07, 6.45) is 3.22. The lowest BCUT2D eigenvalue weighted by molar-refractivity contribution is -0.136. The Labute approximate surface area is 66.3 Å². The quantitative estimate of drug-likeness (QED) is 0.508. The van der Waals surface area contributed by atoms with Gasteiger partial charge in [-0.25, -0.2) is 0 Å². The molecule has 1 spiro atoms. The molecule has 2 rings (SSSR count). The van der Waals surface area contributed by atoms with Crippen molar-refractivity contribution in [1.29, 1.82) is 0 Å². The molecule has 2 aliphatic rings. The highest BCUT2D eigenvalue weighted by Crippen LogP contribution is 2.38. The molecule has 11 heavy (non-hydrogen) atoms. The van der Waals surface area contributed by atoms with Crippen LogP contribution in [0.5, 0.6) is 0 Å². The standard InChI is InChI=1S/C8H13NO2/c10-7-9-5-8(6-9)1-3-11-4-2-8/h7H,1-6H2. The minimum Gasteiger partial charge on any atom is -0.381 e. The first kappa shape index (κ1) is 7.10. The normalized spacial score (nSPS) is 28.2. The van der Waals surface area contributed by atoms with E-state index >= 15 is 0 Å². The minimum atomic E-state index is 0.444. The molecule has 0 aromatic carbocycles. The highest BCUT2D eigenvalue weighted by molar-refractivity contribution is 5.49. The highest BCUT2D eigenvalue weighted by atomic mass is 16.5. The summed E-state index contributed by atoms with van der Waals surface area (Å²) in [5.74, 6) is 0. The van der Waals surface area contributed by atoms with Crippen LogP contribution in [0, 0.1) is 5.41 Å². The largest absolute Gasteiger partial charge is 0.381 e. The number of likely N-dealkylation sites (tertiary alicyclic amines) is 1. The van der Waals surface area contributed by atoms with E-state index in [9.17, 15) is 4.79 Å². The molecular formula is C8H13NO2. The van der Waals surface area contributed by atoms with Crippen LogP contribution in [-0.2, 0) is 9.53 Å². The zero-order chi connectivity index (χ0) is 7.73. The van der Waals surface area contributed by atoms with E-state index in [4.69, 9.17) is 4.74 Å². The number of carbonyl (C=O) groups excluding carboxylic acids is 1. The summed E-state index contributed by atoms with van der Waals surface area (Å²) in [6.45, 7) is 3.68. The number of ether oxygens (including phenoxy) is 1. The van der Waals surface area contributed by atoms with Crippen LogP contribution in [-0.4, -0.2) is 37.6 Å². The van der Waals surface area contributed by atoms with Gasteiger partial charge in [0.25, 0.3) is 0 Å². The Bertz CT molecular complexity index is 155. The van der Waals surface area contributed by atoms with Crippen molar-refractivity contribution in [3.05, 3.63) is 0 Å². The second kappa shape index (κ2) is 2.48. The maximum Gasteiger partial charge on any atom is 0.209 e. The van der Waals surface area contributed by atoms with Crippen LogP contribution in [0.25, 0.3) is 0 Å². The second-order valence-corrected chi connectivity index (χ2v) is 3.62. The SMILES string of the molecule is O=CN1CC2(CCOCC2)C1. The number of rotatable bonds is 1. The zero-order valence-corrected chi connectivity index (χ0v) is 6.58. The van der Waals surface area contributed by atoms with Crippen LogP contribution in [0.3, 0.4) is 0 Å². The summed E-state index contributed by atoms with van der Waals surface area (Å²) in [7, 11) is 0. The molecule has 0 saturated carbocycles. The lowest BCUT2D eigenvalue weighted by Gasteiger charge is -2.50. The fraction of sp³-hybridized carbons (Fsp3) is 0.875. The molecule has 0 bridgehead atoms. The van der Waals surface area contributed by atoms with E-state index in [1.807, 2.05) is 4.90 Å². The Balaban J connectivity index is 1.88. The van der Waals surface area contributed by atoms with Crippen LogP contribution >= 0.6 is 0 Å². The van der Waals surface area contributed by atoms with Gasteiger partial charge < -0.3 is 9.64 Å². The van der Waals surface area contributed by atoms with Crippen molar-refractivity contribution in [3.8, 4) is 0 Å². The van der Waals surface area contributed by atoms with Crippen LogP contribution in [0.15, 0.2) is 0 Å². The monoisotopic (exact) mass is 155 g/mol. The van der Waals surface area contributed by atoms with E-state index in [1.54, 1.807) is 0 Å². The summed E-state index contributed by atoms with van der Waals surface area (Å²) < 4.78 is 5.26. The maximum atomic E-state index is 10.3. The van der Waals surface area contributed by atoms with Gasteiger partial charge in [-0.2, -0.15) is 0 Å². The van der Waals surface area contributed by atoms with Gasteiger partial charge in [0.05, 0.1) is 0 Å². The molecule has 2 saturated heterocycles. The molecule has 0 radical (unpaired) electrons. The molecule has 0 unspecified atom stereocenters. The molecule has 0 atom stereocenters. The van der Waals surface area contributed by atoms with E-state index in [1.165, 1.54) is 0 Å². The van der Waals surface area contributed by atoms with Crippen molar-refractivity contribution in [3.63, 3.8) is 0 Å². The molecule has 0 N–H and O–H groups in total. The molecule has 3 heteroatoms. The van der Waals surface area contributed by atoms with Gasteiger partial charge in [-0.1, -0.05) is 0 Å². The van der Waals surface area contributed by atoms with Gasteiger partial charge in [0.1, 0.15) is 0 Å². The fourth-order valence-corrected chi connectivity index (χ4v) is 2.01. The Morgan fingerprint density at radius 2 is 1.91 bits per heavy atom. The maximum absolute atomic E-state index is 10.3. The minimum absolute atomic E-state index is 0.444. The average molecular weight is 155 g/mol. The van der Waals surface area contributed by atoms with E-state index in [0.29, 0.717) is 5.41 Å². The summed E-state index contributed by atoms with van der Waals surface area (Å²) in [4.78, 5) is 12.1. The molecule has 2 heterocycles. The Morgan fingerprint density at radius 1 is 1.27 bits per heavy atom. The van der Waals surface area contributed by atoms with Crippen molar-refractivity contribution < 1.29 is 9.53 Å². The number of nitrogens with zero attached hydrogens (tertiary/aromatic N) is 1. The van der Waals surface area contributed by atoms with E-state index in [0.717, 1.165) is 45.6 Å². The van der Waals surface area contributed by atoms with Crippen molar-refractivity contribution in [2.75, 3.05) is 26.3 Å². The van der Waals surface area contributed by atoms with Crippen LogP contribution in [0.2, 0.25) is 0 Å². The fourth-order valence-electron chi connectivity index (χ4n) is 2.01. The van der Waals surface area contributed by atoms with Crippen LogP contribution in [0.1, 0.15) is 12.8 Å². The molecule has 2 aliphatic heterocycles. The van der Waals surface area contributed by atoms with E-state index in [-0.39, 0.29) is 0 Å². The summed E-state index contributed by atoms with van der Waals surface area (Å²) in [5.41, 5.74) is 0.444. The van der Waals surface area contributed by atoms with Gasteiger partial charge in [0.2, 0.25) is 6.41 Å². The third kappa shape index (κ3) is 1.13. The lowest BCUT2D eigenvalue weighted by Crippen LogP contribution is -2.57. The Morgan fingerprint density at radius 3 is 2.45 bits per heavy atom. The van der Waals surface area contributed by atoms with Gasteiger partial charge in [0, 0.05) is 31.7 Å². The zero-order valence-electron chi connectivity index (χ0n) is 6.58. The summed E-state index contributed by atoms with van der Waals surface area (Å²) in [6, 6.07) is 0. The summed E-state index contributed by atoms with van der Waals surface area (Å²) in [5, 5.41) is 0. The lowest BCUT2D eigenvalue weighted by atomic mass is 9.74. The smallest absolute Gasteiger partial charge is 0.209 e. The van der Waals surface area contributed by atoms with Crippen LogP contribution in [0.4, 0.5) is 0 Å². The predicted octanol–water partition coefficient (Wildman–Crippen LogP) is 0.255. The summed E-state index contributed by atoms with van der Waals surface area (Å²) >= 11 is 0. The van der Waals surface area contributed by atoms with Crippen molar-refractivity contribution in [2.45, 2.75) is 12.8 Å². The van der Waals surface area contributed by atoms with E-state index < -0.39 is 0 Å². The Kier molecular flexibility index (Phi) is 1.60. The third-order valence-electron chi connectivity index (χ3n) is 2.78. The highest BCUT2D eigenvalue weighted by Gasteiger charge is 2.43. The van der Waals surface area contributed by atoms with Crippen molar-refractivity contribution >= 4 is 6.41 Å². The van der Waals surface area contributed by atoms with Crippen molar-refractivity contribution in [1.82, 2.24) is 4.90 Å². The molecular weight excluding hydrogens is 142 g/mol. The molecule has 0 aliphatic carbocycles. The second-order valence-electron chi connectivity index (χ2n) is 3.62. The number of hydrogen-bond acceptors (Lipinski definition) is 2. The molecule has 3 nitrogen and oxygen atoms in total. The first-order valence-corrected chi connectivity index (χ1v) is 4.12. The van der Waals surface area contributed by atoms with Gasteiger partial charge in [-0.3, -0.25) is 4.79 Å². The average Bonchev–Trinajstić information content (AvgIpc) is 2.01. The molecule has 2 fully saturated rings. The molecule has 0 aromatic heterocycles. The van der Waals surface area contributed by atoms with Gasteiger partial charge in [-0.15, -0.1) is 0 Å². The third-order valence-corrected chi connectivity index (χ3v) is 2.78. The van der Waals surface area contributed by atoms with Crippen LogP contribution < -0.4 is 0 Å². The number of hydrogen-bond donors (Lipinski definition) is 0. The molecule has 1 amide bonds. The number of amides is 1. The van der Waals surface area contributed by atoms with Gasteiger partial charge >= 0.3 is 0 Å². The Hall–Kier alpha value is -0.570. The number of carbonyl (C=O) groups is 1.